The molecule has 0 spiro atoms. The van der Waals surface area contributed by atoms with Crippen LogP contribution in [0.25, 0.3) is 0 Å². The molecule has 0 saturated carbocycles. The number of anilines is 2. The molecule has 1 saturated heterocycles. The van der Waals surface area contributed by atoms with Gasteiger partial charge in [0.15, 0.2) is 0 Å². The van der Waals surface area contributed by atoms with Crippen molar-refractivity contribution in [3.63, 3.8) is 0 Å². The van der Waals surface area contributed by atoms with E-state index in [1.807, 2.05) is 50.0 Å². The van der Waals surface area contributed by atoms with Crippen LogP contribution in [0, 0.1) is 13.8 Å². The van der Waals surface area contributed by atoms with Gasteiger partial charge in [0, 0.05) is 12.7 Å². The molecule has 3 rings (SSSR count). The molecule has 1 fully saturated rings. The summed E-state index contributed by atoms with van der Waals surface area (Å²) in [4.78, 5) is 13.4. The van der Waals surface area contributed by atoms with E-state index in [1.54, 1.807) is 4.90 Å². The Bertz CT molecular complexity index is 689. The minimum atomic E-state index is -0.275. The number of aromatic nitrogens is 2. The van der Waals surface area contributed by atoms with Gasteiger partial charge < -0.3 is 10.1 Å². The number of hydrogen-bond acceptors (Lipinski definition) is 4. The lowest BCUT2D eigenvalue weighted by atomic mass is 10.1. The smallest absolute Gasteiger partial charge is 0.414 e. The highest BCUT2D eigenvalue weighted by Gasteiger charge is 2.25. The lowest BCUT2D eigenvalue weighted by Crippen LogP contribution is -2.24. The van der Waals surface area contributed by atoms with Gasteiger partial charge in [-0.2, -0.15) is 5.10 Å². The van der Waals surface area contributed by atoms with Crippen molar-refractivity contribution in [2.45, 2.75) is 20.4 Å². The first-order valence-electron chi connectivity index (χ1n) is 7.33. The van der Waals surface area contributed by atoms with Gasteiger partial charge in [0.2, 0.25) is 0 Å². The predicted molar refractivity (Wildman–Crippen MR) is 85.1 cm³/mol. The Balaban J connectivity index is 1.81. The van der Waals surface area contributed by atoms with Crippen molar-refractivity contribution in [3.05, 3.63) is 41.2 Å². The van der Waals surface area contributed by atoms with Crippen LogP contribution in [-0.4, -0.2) is 29.0 Å². The molecule has 2 heterocycles. The van der Waals surface area contributed by atoms with Crippen LogP contribution in [0.1, 0.15) is 16.8 Å². The maximum Gasteiger partial charge on any atom is 0.414 e. The van der Waals surface area contributed by atoms with Crippen LogP contribution in [0.4, 0.5) is 16.2 Å². The summed E-state index contributed by atoms with van der Waals surface area (Å²) in [6.07, 6.45) is 1.59. The summed E-state index contributed by atoms with van der Waals surface area (Å²) in [7, 11) is 1.94. The fraction of sp³-hybridized carbons (Fsp3) is 0.375. The second-order valence-corrected chi connectivity index (χ2v) is 5.47. The van der Waals surface area contributed by atoms with Crippen molar-refractivity contribution < 1.29 is 9.53 Å². The number of carbonyl (C=O) groups is 1. The predicted octanol–water partition coefficient (Wildman–Crippen LogP) is 2.61. The van der Waals surface area contributed by atoms with E-state index in [-0.39, 0.29) is 6.09 Å². The number of rotatable bonds is 4. The number of hydrogen-bond donors (Lipinski definition) is 1. The molecule has 1 amide bonds. The highest BCUT2D eigenvalue weighted by Crippen LogP contribution is 2.29. The summed E-state index contributed by atoms with van der Waals surface area (Å²) >= 11 is 0. The first-order valence-corrected chi connectivity index (χ1v) is 7.33. The number of nitrogens with zero attached hydrogens (tertiary/aromatic N) is 3. The monoisotopic (exact) mass is 300 g/mol. The second-order valence-electron chi connectivity index (χ2n) is 5.47. The van der Waals surface area contributed by atoms with E-state index in [9.17, 15) is 4.79 Å². The summed E-state index contributed by atoms with van der Waals surface area (Å²) in [5, 5.41) is 7.68. The molecule has 1 aliphatic rings. The first kappa shape index (κ1) is 14.4. The summed E-state index contributed by atoms with van der Waals surface area (Å²) < 4.78 is 6.89. The summed E-state index contributed by atoms with van der Waals surface area (Å²) in [6.45, 7) is 5.80. The van der Waals surface area contributed by atoms with Gasteiger partial charge in [-0.25, -0.2) is 4.79 Å². The van der Waals surface area contributed by atoms with E-state index in [0.717, 1.165) is 28.2 Å². The van der Waals surface area contributed by atoms with E-state index < -0.39 is 0 Å². The fourth-order valence-corrected chi connectivity index (χ4v) is 2.73. The maximum atomic E-state index is 11.7. The molecule has 2 aromatic rings. The average Bonchev–Trinajstić information content (AvgIpc) is 3.05. The fourth-order valence-electron chi connectivity index (χ4n) is 2.73. The van der Waals surface area contributed by atoms with Crippen LogP contribution in [0.3, 0.4) is 0 Å². The average molecular weight is 300 g/mol. The molecule has 0 bridgehead atoms. The minimum Gasteiger partial charge on any atom is -0.447 e. The van der Waals surface area contributed by atoms with Crippen molar-refractivity contribution in [1.82, 2.24) is 9.78 Å². The number of carbonyl (C=O) groups excluding carboxylic acids is 1. The van der Waals surface area contributed by atoms with Gasteiger partial charge in [-0.1, -0.05) is 6.07 Å². The number of nitrogens with one attached hydrogen (secondary N) is 1. The third-order valence-corrected chi connectivity index (χ3v) is 4.07. The molecule has 1 aromatic carbocycles. The van der Waals surface area contributed by atoms with Gasteiger partial charge in [-0.05, 0) is 37.1 Å². The summed E-state index contributed by atoms with van der Waals surface area (Å²) in [6, 6.07) is 5.92. The first-order chi connectivity index (χ1) is 10.6. The zero-order valence-corrected chi connectivity index (χ0v) is 13.1. The molecule has 1 aromatic heterocycles. The number of benzene rings is 1. The Morgan fingerprint density at radius 3 is 2.82 bits per heavy atom. The highest BCUT2D eigenvalue weighted by atomic mass is 16.6. The molecule has 116 valence electrons. The number of amides is 1. The molecule has 0 atom stereocenters. The topological polar surface area (TPSA) is 59.4 Å². The molecule has 0 unspecified atom stereocenters. The van der Waals surface area contributed by atoms with Gasteiger partial charge in [-0.15, -0.1) is 0 Å². The van der Waals surface area contributed by atoms with Crippen LogP contribution in [0.2, 0.25) is 0 Å². The SMILES string of the molecule is Cc1cnn(C)c1CNc1cccc(N2CCOC2=O)c1C. The molecular weight excluding hydrogens is 280 g/mol. The van der Waals surface area contributed by atoms with Gasteiger partial charge in [-0.3, -0.25) is 9.58 Å². The van der Waals surface area contributed by atoms with Gasteiger partial charge in [0.05, 0.1) is 30.7 Å². The third-order valence-electron chi connectivity index (χ3n) is 4.07. The largest absolute Gasteiger partial charge is 0.447 e. The molecule has 1 aliphatic heterocycles. The molecule has 0 aliphatic carbocycles. The van der Waals surface area contributed by atoms with Crippen molar-refractivity contribution in [2.24, 2.45) is 7.05 Å². The Kier molecular flexibility index (Phi) is 3.75. The van der Waals surface area contributed by atoms with Crippen LogP contribution >= 0.6 is 0 Å². The van der Waals surface area contributed by atoms with Crippen molar-refractivity contribution in [1.29, 1.82) is 0 Å². The normalized spacial score (nSPS) is 14.3. The van der Waals surface area contributed by atoms with Crippen LogP contribution < -0.4 is 10.2 Å². The summed E-state index contributed by atoms with van der Waals surface area (Å²) in [5.74, 6) is 0. The van der Waals surface area contributed by atoms with Crippen LogP contribution in [0.5, 0.6) is 0 Å². The van der Waals surface area contributed by atoms with Gasteiger partial charge in [0.1, 0.15) is 6.61 Å². The van der Waals surface area contributed by atoms with E-state index in [4.69, 9.17) is 4.74 Å². The molecule has 6 nitrogen and oxygen atoms in total. The van der Waals surface area contributed by atoms with E-state index >= 15 is 0 Å². The molecule has 6 heteroatoms. The van der Waals surface area contributed by atoms with Crippen molar-refractivity contribution in [3.8, 4) is 0 Å². The Morgan fingerprint density at radius 1 is 1.36 bits per heavy atom. The van der Waals surface area contributed by atoms with Crippen molar-refractivity contribution in [2.75, 3.05) is 23.4 Å². The summed E-state index contributed by atoms with van der Waals surface area (Å²) in [5.41, 5.74) is 5.26. The van der Waals surface area contributed by atoms with Crippen LogP contribution in [-0.2, 0) is 18.3 Å². The zero-order valence-electron chi connectivity index (χ0n) is 13.1. The lowest BCUT2D eigenvalue weighted by Gasteiger charge is -2.19. The quantitative estimate of drug-likeness (QED) is 0.943. The van der Waals surface area contributed by atoms with E-state index in [0.29, 0.717) is 19.7 Å². The maximum absolute atomic E-state index is 11.7. The minimum absolute atomic E-state index is 0.275. The highest BCUT2D eigenvalue weighted by molar-refractivity contribution is 5.91. The molecular formula is C16H20N4O2. The number of ether oxygens (including phenoxy) is 1. The lowest BCUT2D eigenvalue weighted by molar-refractivity contribution is 0.181. The second kappa shape index (κ2) is 5.71. The zero-order chi connectivity index (χ0) is 15.7. The number of cyclic esters (lactones) is 1. The number of aryl methyl sites for hydroxylation is 2. The third kappa shape index (κ3) is 2.52. The van der Waals surface area contributed by atoms with Crippen LogP contribution in [0.15, 0.2) is 24.4 Å². The van der Waals surface area contributed by atoms with Gasteiger partial charge >= 0.3 is 6.09 Å². The van der Waals surface area contributed by atoms with E-state index in [2.05, 4.69) is 10.4 Å². The van der Waals surface area contributed by atoms with Crippen molar-refractivity contribution >= 4 is 17.5 Å². The molecule has 1 N–H and O–H groups in total. The Morgan fingerprint density at radius 2 is 2.18 bits per heavy atom. The standard InChI is InChI=1S/C16H20N4O2/c1-11-9-18-19(3)15(11)10-17-13-5-4-6-14(12(13)2)20-7-8-22-16(20)21/h4-6,9,17H,7-8,10H2,1-3H3. The Hall–Kier alpha value is -2.50. The van der Waals surface area contributed by atoms with E-state index in [1.165, 1.54) is 0 Å². The Labute approximate surface area is 129 Å². The molecule has 0 radical (unpaired) electrons. The molecule has 22 heavy (non-hydrogen) atoms. The van der Waals surface area contributed by atoms with Gasteiger partial charge in [0.25, 0.3) is 0 Å².